The molecule has 0 saturated heterocycles. The van der Waals surface area contributed by atoms with Gasteiger partial charge in [0.25, 0.3) is 0 Å². The summed E-state index contributed by atoms with van der Waals surface area (Å²) in [6, 6.07) is 10.9. The second-order valence-corrected chi connectivity index (χ2v) is 4.78. The first-order chi connectivity index (χ1) is 9.61. The van der Waals surface area contributed by atoms with Crippen LogP contribution in [0.5, 0.6) is 0 Å². The topological polar surface area (TPSA) is 59.2 Å². The molecule has 2 rings (SSSR count). The van der Waals surface area contributed by atoms with Crippen molar-refractivity contribution in [3.63, 3.8) is 0 Å². The van der Waals surface area contributed by atoms with Crippen LogP contribution in [0.1, 0.15) is 23.6 Å². The van der Waals surface area contributed by atoms with Gasteiger partial charge in [-0.2, -0.15) is 0 Å². The molecule has 0 amide bonds. The maximum absolute atomic E-state index is 11.8. The molecule has 1 atom stereocenters. The summed E-state index contributed by atoms with van der Waals surface area (Å²) >= 11 is 5.87. The molecule has 0 aliphatic heterocycles. The molecule has 0 spiro atoms. The zero-order chi connectivity index (χ0) is 14.5. The summed E-state index contributed by atoms with van der Waals surface area (Å²) in [6.45, 7) is 0. The number of esters is 1. The van der Waals surface area contributed by atoms with Crippen LogP contribution in [0.15, 0.2) is 42.6 Å². The fraction of sp³-hybridized carbons (Fsp3) is 0.200. The molecule has 0 bridgehead atoms. The first kappa shape index (κ1) is 14.3. The van der Waals surface area contributed by atoms with Crippen LogP contribution in [0.2, 0.25) is 5.02 Å². The molecule has 0 radical (unpaired) electrons. The van der Waals surface area contributed by atoms with Gasteiger partial charge in [-0.05, 0) is 29.8 Å². The van der Waals surface area contributed by atoms with Crippen molar-refractivity contribution in [2.24, 2.45) is 0 Å². The maximum atomic E-state index is 11.8. The number of aromatic amines is 1. The summed E-state index contributed by atoms with van der Waals surface area (Å²) in [5, 5.41) is 0.623. The molecule has 2 aromatic rings. The molecule has 1 heterocycles. The molecule has 20 heavy (non-hydrogen) atoms. The minimum absolute atomic E-state index is 0.0504. The van der Waals surface area contributed by atoms with Gasteiger partial charge in [0.05, 0.1) is 7.11 Å². The van der Waals surface area contributed by atoms with Gasteiger partial charge in [0, 0.05) is 29.3 Å². The molecule has 0 fully saturated rings. The highest BCUT2D eigenvalue weighted by molar-refractivity contribution is 6.33. The number of benzene rings is 1. The Morgan fingerprint density at radius 1 is 1.25 bits per heavy atom. The number of carbonyl (C=O) groups excluding carboxylic acids is 2. The van der Waals surface area contributed by atoms with Gasteiger partial charge in [0.15, 0.2) is 0 Å². The van der Waals surface area contributed by atoms with Gasteiger partial charge in [-0.1, -0.05) is 23.7 Å². The molecule has 1 aromatic heterocycles. The van der Waals surface area contributed by atoms with Crippen LogP contribution in [0.25, 0.3) is 0 Å². The molecule has 1 N–H and O–H groups in total. The standard InChI is InChI=1S/C15H14ClNO3/c1-20-15(19)14(18)9-12(13-3-2-8-17-13)10-4-6-11(16)7-5-10/h2-8,12,17H,9H2,1H3/t12-/m0/s1. The van der Waals surface area contributed by atoms with E-state index in [2.05, 4.69) is 9.72 Å². The summed E-state index contributed by atoms with van der Waals surface area (Å²) in [7, 11) is 1.20. The molecule has 4 nitrogen and oxygen atoms in total. The lowest BCUT2D eigenvalue weighted by atomic mass is 9.91. The van der Waals surface area contributed by atoms with Gasteiger partial charge >= 0.3 is 5.97 Å². The normalized spacial score (nSPS) is 11.9. The van der Waals surface area contributed by atoms with E-state index in [0.29, 0.717) is 5.02 Å². The Balaban J connectivity index is 2.28. The third kappa shape index (κ3) is 3.27. The minimum Gasteiger partial charge on any atom is -0.463 e. The highest BCUT2D eigenvalue weighted by atomic mass is 35.5. The van der Waals surface area contributed by atoms with Crippen LogP contribution in [-0.4, -0.2) is 23.8 Å². The van der Waals surface area contributed by atoms with E-state index in [9.17, 15) is 9.59 Å². The first-order valence-electron chi connectivity index (χ1n) is 6.11. The molecule has 0 saturated carbocycles. The largest absolute Gasteiger partial charge is 0.463 e. The predicted molar refractivity (Wildman–Crippen MR) is 75.7 cm³/mol. The molecular weight excluding hydrogens is 278 g/mol. The quantitative estimate of drug-likeness (QED) is 0.680. The monoisotopic (exact) mass is 291 g/mol. The summed E-state index contributed by atoms with van der Waals surface area (Å²) in [6.07, 6.45) is 1.83. The smallest absolute Gasteiger partial charge is 0.374 e. The third-order valence-electron chi connectivity index (χ3n) is 3.07. The summed E-state index contributed by atoms with van der Waals surface area (Å²) in [4.78, 5) is 26.2. The average molecular weight is 292 g/mol. The van der Waals surface area contributed by atoms with E-state index < -0.39 is 11.8 Å². The number of rotatable bonds is 5. The fourth-order valence-corrected chi connectivity index (χ4v) is 2.17. The number of methoxy groups -OCH3 is 1. The number of ketones is 1. The minimum atomic E-state index is -0.824. The molecular formula is C15H14ClNO3. The van der Waals surface area contributed by atoms with E-state index >= 15 is 0 Å². The Labute approximate surface area is 121 Å². The molecule has 0 unspecified atom stereocenters. The number of nitrogens with one attached hydrogen (secondary N) is 1. The molecule has 0 aliphatic rings. The number of halogens is 1. The lowest BCUT2D eigenvalue weighted by Gasteiger charge is -2.15. The van der Waals surface area contributed by atoms with Crippen LogP contribution >= 0.6 is 11.6 Å². The van der Waals surface area contributed by atoms with Crippen molar-refractivity contribution < 1.29 is 14.3 Å². The lowest BCUT2D eigenvalue weighted by molar-refractivity contribution is -0.151. The van der Waals surface area contributed by atoms with Gasteiger partial charge in [-0.15, -0.1) is 0 Å². The van der Waals surface area contributed by atoms with Crippen molar-refractivity contribution in [3.05, 3.63) is 58.9 Å². The number of aromatic nitrogens is 1. The SMILES string of the molecule is COC(=O)C(=O)C[C@@H](c1ccc(Cl)cc1)c1ccc[nH]1. The van der Waals surface area contributed by atoms with Crippen molar-refractivity contribution in [3.8, 4) is 0 Å². The highest BCUT2D eigenvalue weighted by Crippen LogP contribution is 2.28. The van der Waals surface area contributed by atoms with E-state index in [1.165, 1.54) is 7.11 Å². The Kier molecular flexibility index (Phi) is 4.58. The van der Waals surface area contributed by atoms with E-state index in [1.807, 2.05) is 24.3 Å². The number of carbonyl (C=O) groups is 2. The Morgan fingerprint density at radius 2 is 1.95 bits per heavy atom. The molecule has 0 aliphatic carbocycles. The van der Waals surface area contributed by atoms with Crippen molar-refractivity contribution in [1.82, 2.24) is 4.98 Å². The summed E-state index contributed by atoms with van der Waals surface area (Å²) in [5.41, 5.74) is 1.78. The predicted octanol–water partition coefficient (Wildman–Crippen LogP) is 2.93. The van der Waals surface area contributed by atoms with Gasteiger partial charge in [0.2, 0.25) is 5.78 Å². The lowest BCUT2D eigenvalue weighted by Crippen LogP contribution is -2.19. The summed E-state index contributed by atoms with van der Waals surface area (Å²) < 4.78 is 4.47. The maximum Gasteiger partial charge on any atom is 0.374 e. The van der Waals surface area contributed by atoms with Crippen LogP contribution < -0.4 is 0 Å². The average Bonchev–Trinajstić information content (AvgIpc) is 2.98. The van der Waals surface area contributed by atoms with Crippen molar-refractivity contribution in [2.75, 3.05) is 7.11 Å². The molecule has 5 heteroatoms. The zero-order valence-electron chi connectivity index (χ0n) is 10.9. The van der Waals surface area contributed by atoms with Crippen LogP contribution in [-0.2, 0) is 14.3 Å². The number of ether oxygens (including phenoxy) is 1. The Hall–Kier alpha value is -2.07. The molecule has 104 valence electrons. The third-order valence-corrected chi connectivity index (χ3v) is 3.32. The van der Waals surface area contributed by atoms with E-state index in [0.717, 1.165) is 11.3 Å². The first-order valence-corrected chi connectivity index (χ1v) is 6.49. The second-order valence-electron chi connectivity index (χ2n) is 4.35. The Morgan fingerprint density at radius 3 is 2.50 bits per heavy atom. The zero-order valence-corrected chi connectivity index (χ0v) is 11.7. The van der Waals surface area contributed by atoms with Gasteiger partial charge < -0.3 is 9.72 Å². The van der Waals surface area contributed by atoms with Gasteiger partial charge in [-0.3, -0.25) is 4.79 Å². The Bertz CT molecular complexity index is 590. The van der Waals surface area contributed by atoms with Crippen LogP contribution in [0, 0.1) is 0 Å². The highest BCUT2D eigenvalue weighted by Gasteiger charge is 2.23. The van der Waals surface area contributed by atoms with Crippen LogP contribution in [0.3, 0.4) is 0 Å². The fourth-order valence-electron chi connectivity index (χ4n) is 2.05. The van der Waals surface area contributed by atoms with Crippen molar-refractivity contribution in [1.29, 1.82) is 0 Å². The van der Waals surface area contributed by atoms with E-state index in [-0.39, 0.29) is 12.3 Å². The number of hydrogen-bond acceptors (Lipinski definition) is 3. The van der Waals surface area contributed by atoms with Gasteiger partial charge in [0.1, 0.15) is 0 Å². The number of Topliss-reactive ketones (excluding diaryl/α,β-unsaturated/α-hetero) is 1. The second kappa shape index (κ2) is 6.39. The van der Waals surface area contributed by atoms with Crippen molar-refractivity contribution in [2.45, 2.75) is 12.3 Å². The summed E-state index contributed by atoms with van der Waals surface area (Å²) in [5.74, 6) is -1.61. The van der Waals surface area contributed by atoms with Crippen LogP contribution in [0.4, 0.5) is 0 Å². The van der Waals surface area contributed by atoms with Gasteiger partial charge in [-0.25, -0.2) is 4.79 Å². The number of hydrogen-bond donors (Lipinski definition) is 1. The molecule has 1 aromatic carbocycles. The number of H-pyrrole nitrogens is 1. The van der Waals surface area contributed by atoms with E-state index in [1.54, 1.807) is 18.3 Å². The van der Waals surface area contributed by atoms with E-state index in [4.69, 9.17) is 11.6 Å². The van der Waals surface area contributed by atoms with Crippen molar-refractivity contribution >= 4 is 23.4 Å².